The molecule has 1 aliphatic rings. The second kappa shape index (κ2) is 8.36. The molecule has 1 unspecified atom stereocenters. The quantitative estimate of drug-likeness (QED) is 0.727. The minimum absolute atomic E-state index is 0.0871. The highest BCUT2D eigenvalue weighted by molar-refractivity contribution is 7.98. The van der Waals surface area contributed by atoms with Gasteiger partial charge in [0.2, 0.25) is 5.91 Å². The van der Waals surface area contributed by atoms with Crippen LogP contribution in [0.3, 0.4) is 0 Å². The van der Waals surface area contributed by atoms with E-state index >= 15 is 0 Å². The lowest BCUT2D eigenvalue weighted by Crippen LogP contribution is -3.14. The number of hydrogen-bond donors (Lipinski definition) is 2. The maximum Gasteiger partial charge on any atom is 0.277 e. The summed E-state index contributed by atoms with van der Waals surface area (Å²) in [6, 6.07) is 8.27. The Morgan fingerprint density at radius 2 is 2.04 bits per heavy atom. The molecule has 5 nitrogen and oxygen atoms in total. The van der Waals surface area contributed by atoms with E-state index in [1.54, 1.807) is 16.7 Å². The molecule has 1 saturated heterocycles. The Morgan fingerprint density at radius 1 is 1.35 bits per heavy atom. The molecule has 0 aliphatic carbocycles. The van der Waals surface area contributed by atoms with E-state index in [1.165, 1.54) is 4.90 Å². The van der Waals surface area contributed by atoms with Crippen LogP contribution in [0.4, 0.5) is 0 Å². The highest BCUT2D eigenvalue weighted by Crippen LogP contribution is 2.15. The molecule has 0 bridgehead atoms. The molecule has 2 amide bonds. The third kappa shape index (κ3) is 5.25. The molecule has 1 fully saturated rings. The first-order valence-electron chi connectivity index (χ1n) is 7.99. The smallest absolute Gasteiger partial charge is 0.277 e. The van der Waals surface area contributed by atoms with Gasteiger partial charge >= 0.3 is 0 Å². The standard InChI is InChI=1S/C17H25N3O2S/c1-19(10-13-5-7-15(23-2)8-6-13)16(21)12-20-9-3-4-14(11-20)17(18)22/h5-8,14H,3-4,9-12H2,1-2H3,(H2,18,22)/p+1/t14-/m1/s1. The molecule has 0 saturated carbocycles. The van der Waals surface area contributed by atoms with Crippen molar-refractivity contribution in [2.24, 2.45) is 11.7 Å². The molecule has 2 rings (SSSR count). The molecule has 0 spiro atoms. The van der Waals surface area contributed by atoms with Crippen LogP contribution in [0.25, 0.3) is 0 Å². The topological polar surface area (TPSA) is 67.8 Å². The van der Waals surface area contributed by atoms with E-state index in [4.69, 9.17) is 5.73 Å². The number of benzene rings is 1. The fraction of sp³-hybridized carbons (Fsp3) is 0.529. The Kier molecular flexibility index (Phi) is 6.47. The first kappa shape index (κ1) is 17.8. The molecule has 1 aliphatic heterocycles. The highest BCUT2D eigenvalue weighted by Gasteiger charge is 2.29. The molecule has 0 aromatic heterocycles. The van der Waals surface area contributed by atoms with E-state index in [0.717, 1.165) is 29.8 Å². The van der Waals surface area contributed by atoms with Crippen LogP contribution in [0.2, 0.25) is 0 Å². The first-order valence-corrected chi connectivity index (χ1v) is 9.22. The van der Waals surface area contributed by atoms with Crippen molar-refractivity contribution in [3.63, 3.8) is 0 Å². The number of amides is 2. The molecule has 23 heavy (non-hydrogen) atoms. The first-order chi connectivity index (χ1) is 11.0. The van der Waals surface area contributed by atoms with Gasteiger partial charge in [-0.1, -0.05) is 12.1 Å². The summed E-state index contributed by atoms with van der Waals surface area (Å²) in [4.78, 5) is 27.9. The van der Waals surface area contributed by atoms with Crippen LogP contribution in [0, 0.1) is 5.92 Å². The van der Waals surface area contributed by atoms with E-state index in [2.05, 4.69) is 24.3 Å². The van der Waals surface area contributed by atoms with Gasteiger partial charge in [-0.25, -0.2) is 0 Å². The number of nitrogens with one attached hydrogen (secondary N) is 1. The third-order valence-electron chi connectivity index (χ3n) is 4.43. The molecule has 6 heteroatoms. The van der Waals surface area contributed by atoms with Crippen LogP contribution in [0.15, 0.2) is 29.2 Å². The number of nitrogens with zero attached hydrogens (tertiary/aromatic N) is 1. The predicted octanol–water partition coefficient (Wildman–Crippen LogP) is 0.147. The van der Waals surface area contributed by atoms with Crippen LogP contribution < -0.4 is 10.6 Å². The van der Waals surface area contributed by atoms with Crippen LogP contribution in [-0.2, 0) is 16.1 Å². The lowest BCUT2D eigenvalue weighted by atomic mass is 9.97. The molecule has 1 heterocycles. The Balaban J connectivity index is 1.85. The lowest BCUT2D eigenvalue weighted by Gasteiger charge is -2.29. The SMILES string of the molecule is CSc1ccc(CN(C)C(=O)C[NH+]2CCC[C@@H](C(N)=O)C2)cc1. The van der Waals surface area contributed by atoms with Gasteiger partial charge in [-0.05, 0) is 36.8 Å². The van der Waals surface area contributed by atoms with Crippen molar-refractivity contribution >= 4 is 23.6 Å². The monoisotopic (exact) mass is 336 g/mol. The molecule has 1 aromatic rings. The lowest BCUT2D eigenvalue weighted by molar-refractivity contribution is -0.899. The van der Waals surface area contributed by atoms with Crippen molar-refractivity contribution in [1.82, 2.24) is 4.90 Å². The fourth-order valence-corrected chi connectivity index (χ4v) is 3.40. The van der Waals surface area contributed by atoms with Gasteiger partial charge in [0.25, 0.3) is 5.91 Å². The zero-order valence-corrected chi connectivity index (χ0v) is 14.7. The normalized spacial score (nSPS) is 21.0. The van der Waals surface area contributed by atoms with Crippen LogP contribution in [-0.4, -0.2) is 49.7 Å². The fourth-order valence-electron chi connectivity index (χ4n) is 3.00. The van der Waals surface area contributed by atoms with Gasteiger partial charge in [-0.2, -0.15) is 0 Å². The highest BCUT2D eigenvalue weighted by atomic mass is 32.2. The van der Waals surface area contributed by atoms with Crippen molar-refractivity contribution in [1.29, 1.82) is 0 Å². The van der Waals surface area contributed by atoms with Crippen LogP contribution in [0.1, 0.15) is 18.4 Å². The van der Waals surface area contributed by atoms with Crippen molar-refractivity contribution in [2.45, 2.75) is 24.3 Å². The summed E-state index contributed by atoms with van der Waals surface area (Å²) in [6.07, 6.45) is 3.85. The molecule has 0 radical (unpaired) electrons. The Morgan fingerprint density at radius 3 is 2.65 bits per heavy atom. The van der Waals surface area contributed by atoms with Gasteiger partial charge in [-0.3, -0.25) is 9.59 Å². The second-order valence-electron chi connectivity index (χ2n) is 6.22. The van der Waals surface area contributed by atoms with E-state index in [-0.39, 0.29) is 17.7 Å². The molecular weight excluding hydrogens is 310 g/mol. The summed E-state index contributed by atoms with van der Waals surface area (Å²) in [7, 11) is 1.83. The van der Waals surface area contributed by atoms with Gasteiger partial charge in [0, 0.05) is 18.5 Å². The number of quaternary nitrogens is 1. The number of nitrogens with two attached hydrogens (primary N) is 1. The van der Waals surface area contributed by atoms with Gasteiger partial charge < -0.3 is 15.5 Å². The molecule has 3 N–H and O–H groups in total. The number of likely N-dealkylation sites (N-methyl/N-ethyl adjacent to an activating group) is 1. The third-order valence-corrected chi connectivity index (χ3v) is 5.17. The number of rotatable bonds is 6. The number of carbonyl (C=O) groups is 2. The maximum atomic E-state index is 12.4. The molecule has 2 atom stereocenters. The predicted molar refractivity (Wildman–Crippen MR) is 92.2 cm³/mol. The summed E-state index contributed by atoms with van der Waals surface area (Å²) in [6.45, 7) is 2.66. The Labute approximate surface area is 142 Å². The second-order valence-corrected chi connectivity index (χ2v) is 7.10. The van der Waals surface area contributed by atoms with Gasteiger partial charge in [-0.15, -0.1) is 11.8 Å². The van der Waals surface area contributed by atoms with E-state index in [1.807, 2.05) is 13.3 Å². The van der Waals surface area contributed by atoms with Crippen LogP contribution >= 0.6 is 11.8 Å². The zero-order valence-electron chi connectivity index (χ0n) is 13.9. The van der Waals surface area contributed by atoms with Crippen molar-refractivity contribution in [3.05, 3.63) is 29.8 Å². The minimum atomic E-state index is -0.239. The maximum absolute atomic E-state index is 12.4. The van der Waals surface area contributed by atoms with E-state index < -0.39 is 0 Å². The summed E-state index contributed by atoms with van der Waals surface area (Å²) < 4.78 is 0. The minimum Gasteiger partial charge on any atom is -0.369 e. The van der Waals surface area contributed by atoms with Gasteiger partial charge in [0.05, 0.1) is 19.0 Å². The number of likely N-dealkylation sites (tertiary alicyclic amines) is 1. The van der Waals surface area contributed by atoms with Gasteiger partial charge in [0.15, 0.2) is 6.54 Å². The number of carbonyl (C=O) groups excluding carboxylic acids is 2. The summed E-state index contributed by atoms with van der Waals surface area (Å²) in [5, 5.41) is 0. The molecular formula is C17H26N3O2S+. The molecule has 126 valence electrons. The zero-order chi connectivity index (χ0) is 16.8. The average molecular weight is 336 g/mol. The Hall–Kier alpha value is -1.53. The number of primary amides is 1. The summed E-state index contributed by atoms with van der Waals surface area (Å²) in [5.74, 6) is -0.216. The largest absolute Gasteiger partial charge is 0.369 e. The van der Waals surface area contributed by atoms with E-state index in [9.17, 15) is 9.59 Å². The van der Waals surface area contributed by atoms with Gasteiger partial charge in [0.1, 0.15) is 0 Å². The van der Waals surface area contributed by atoms with Crippen molar-refractivity contribution in [2.75, 3.05) is 32.9 Å². The summed E-state index contributed by atoms with van der Waals surface area (Å²) >= 11 is 1.71. The number of hydrogen-bond acceptors (Lipinski definition) is 3. The molecule has 1 aromatic carbocycles. The van der Waals surface area contributed by atoms with E-state index in [0.29, 0.717) is 19.6 Å². The number of piperidine rings is 1. The summed E-state index contributed by atoms with van der Waals surface area (Å²) in [5.41, 5.74) is 6.52. The Bertz CT molecular complexity index is 547. The van der Waals surface area contributed by atoms with Crippen LogP contribution in [0.5, 0.6) is 0 Å². The average Bonchev–Trinajstić information content (AvgIpc) is 2.55. The van der Waals surface area contributed by atoms with Crippen molar-refractivity contribution < 1.29 is 14.5 Å². The van der Waals surface area contributed by atoms with Crippen molar-refractivity contribution in [3.8, 4) is 0 Å². The number of thioether (sulfide) groups is 1.